The van der Waals surface area contributed by atoms with Crippen molar-refractivity contribution in [1.29, 1.82) is 0 Å². The monoisotopic (exact) mass is 220 g/mol. The fourth-order valence-electron chi connectivity index (χ4n) is 1.95. The highest BCUT2D eigenvalue weighted by Crippen LogP contribution is 2.12. The molecule has 2 heterocycles. The molecule has 0 spiro atoms. The number of nitrogens with zero attached hydrogens (tertiary/aromatic N) is 3. The van der Waals surface area contributed by atoms with Crippen molar-refractivity contribution in [2.45, 2.75) is 39.3 Å². The number of aryl methyl sites for hydroxylation is 2. The molecule has 0 bridgehead atoms. The fraction of sp³-hybridized carbons (Fsp3) is 0.545. The van der Waals surface area contributed by atoms with Gasteiger partial charge in [0.2, 0.25) is 5.91 Å². The number of aromatic nitrogens is 3. The van der Waals surface area contributed by atoms with Crippen molar-refractivity contribution < 1.29 is 4.79 Å². The lowest BCUT2D eigenvalue weighted by Gasteiger charge is -2.22. The van der Waals surface area contributed by atoms with Crippen molar-refractivity contribution in [2.24, 2.45) is 0 Å². The van der Waals surface area contributed by atoms with E-state index in [-0.39, 0.29) is 11.9 Å². The van der Waals surface area contributed by atoms with Crippen molar-refractivity contribution in [3.63, 3.8) is 0 Å². The van der Waals surface area contributed by atoms with Gasteiger partial charge in [0.15, 0.2) is 0 Å². The molecule has 1 aliphatic rings. The SMILES string of the molecule is C/C=C/C(=O)NC1CCc2nc(C)nn2C1. The molecule has 1 N–H and O–H groups in total. The van der Waals surface area contributed by atoms with Gasteiger partial charge in [0.05, 0.1) is 6.54 Å². The minimum absolute atomic E-state index is 0.0345. The molecule has 1 aromatic heterocycles. The normalized spacial score (nSPS) is 19.8. The summed E-state index contributed by atoms with van der Waals surface area (Å²) in [5.41, 5.74) is 0. The third-order valence-electron chi connectivity index (χ3n) is 2.63. The van der Waals surface area contributed by atoms with E-state index in [4.69, 9.17) is 0 Å². The van der Waals surface area contributed by atoms with Crippen LogP contribution < -0.4 is 5.32 Å². The van der Waals surface area contributed by atoms with Crippen LogP contribution in [0.3, 0.4) is 0 Å². The molecule has 1 amide bonds. The molecule has 1 aliphatic heterocycles. The molecule has 0 saturated carbocycles. The Morgan fingerprint density at radius 3 is 3.19 bits per heavy atom. The van der Waals surface area contributed by atoms with Crippen molar-refractivity contribution in [2.75, 3.05) is 0 Å². The highest BCUT2D eigenvalue weighted by Gasteiger charge is 2.21. The van der Waals surface area contributed by atoms with E-state index >= 15 is 0 Å². The molecule has 1 unspecified atom stereocenters. The molecule has 0 aromatic carbocycles. The number of hydrogen-bond donors (Lipinski definition) is 1. The maximum absolute atomic E-state index is 11.4. The smallest absolute Gasteiger partial charge is 0.243 e. The number of nitrogens with one attached hydrogen (secondary N) is 1. The maximum Gasteiger partial charge on any atom is 0.243 e. The van der Waals surface area contributed by atoms with Gasteiger partial charge < -0.3 is 5.32 Å². The zero-order valence-corrected chi connectivity index (χ0v) is 9.60. The second-order valence-corrected chi connectivity index (χ2v) is 4.00. The van der Waals surface area contributed by atoms with E-state index in [1.54, 1.807) is 12.2 Å². The summed E-state index contributed by atoms with van der Waals surface area (Å²) >= 11 is 0. The van der Waals surface area contributed by atoms with Crippen molar-refractivity contribution in [1.82, 2.24) is 20.1 Å². The molecule has 0 radical (unpaired) electrons. The minimum atomic E-state index is -0.0345. The molecular weight excluding hydrogens is 204 g/mol. The maximum atomic E-state index is 11.4. The van der Waals surface area contributed by atoms with Crippen LogP contribution in [0.5, 0.6) is 0 Å². The Morgan fingerprint density at radius 2 is 2.44 bits per heavy atom. The topological polar surface area (TPSA) is 59.8 Å². The van der Waals surface area contributed by atoms with Crippen LogP contribution in [0.25, 0.3) is 0 Å². The summed E-state index contributed by atoms with van der Waals surface area (Å²) in [5, 5.41) is 7.25. The molecule has 0 aliphatic carbocycles. The molecule has 5 heteroatoms. The predicted octanol–water partition coefficient (Wildman–Crippen LogP) is 0.594. The number of carbonyl (C=O) groups is 1. The van der Waals surface area contributed by atoms with Gasteiger partial charge in [-0.1, -0.05) is 6.08 Å². The highest BCUT2D eigenvalue weighted by molar-refractivity contribution is 5.87. The van der Waals surface area contributed by atoms with Gasteiger partial charge in [0.1, 0.15) is 11.6 Å². The minimum Gasteiger partial charge on any atom is -0.348 e. The van der Waals surface area contributed by atoms with Crippen LogP contribution >= 0.6 is 0 Å². The first-order valence-electron chi connectivity index (χ1n) is 5.52. The quantitative estimate of drug-likeness (QED) is 0.742. The van der Waals surface area contributed by atoms with Gasteiger partial charge in [-0.15, -0.1) is 0 Å². The van der Waals surface area contributed by atoms with Gasteiger partial charge in [-0.2, -0.15) is 5.10 Å². The molecule has 0 saturated heterocycles. The summed E-state index contributed by atoms with van der Waals surface area (Å²) in [7, 11) is 0. The molecule has 86 valence electrons. The van der Waals surface area contributed by atoms with Crippen LogP contribution in [-0.2, 0) is 17.8 Å². The zero-order valence-electron chi connectivity index (χ0n) is 9.60. The van der Waals surface area contributed by atoms with E-state index in [0.29, 0.717) is 0 Å². The standard InChI is InChI=1S/C11H16N4O/c1-3-4-11(16)13-9-5-6-10-12-8(2)14-15(10)7-9/h3-4,9H,5-7H2,1-2H3,(H,13,16)/b4-3+. The fourth-order valence-corrected chi connectivity index (χ4v) is 1.95. The number of hydrogen-bond acceptors (Lipinski definition) is 3. The van der Waals surface area contributed by atoms with Crippen molar-refractivity contribution in [3.8, 4) is 0 Å². The summed E-state index contributed by atoms with van der Waals surface area (Å²) in [4.78, 5) is 15.7. The Morgan fingerprint density at radius 1 is 1.62 bits per heavy atom. The van der Waals surface area contributed by atoms with Gasteiger partial charge in [-0.25, -0.2) is 9.67 Å². The zero-order chi connectivity index (χ0) is 11.5. The van der Waals surface area contributed by atoms with Crippen LogP contribution in [0.15, 0.2) is 12.2 Å². The molecule has 0 fully saturated rings. The second-order valence-electron chi connectivity index (χ2n) is 4.00. The summed E-state index contributed by atoms with van der Waals surface area (Å²) < 4.78 is 1.89. The number of amides is 1. The van der Waals surface area contributed by atoms with Gasteiger partial charge in [-0.05, 0) is 26.3 Å². The Balaban J connectivity index is 2.00. The van der Waals surface area contributed by atoms with Gasteiger partial charge in [0.25, 0.3) is 0 Å². The Hall–Kier alpha value is -1.65. The molecule has 1 atom stereocenters. The summed E-state index contributed by atoms with van der Waals surface area (Å²) in [6.45, 7) is 4.44. The Bertz CT molecular complexity index is 422. The summed E-state index contributed by atoms with van der Waals surface area (Å²) in [5.74, 6) is 1.79. The highest BCUT2D eigenvalue weighted by atomic mass is 16.1. The average Bonchev–Trinajstić information content (AvgIpc) is 2.57. The Labute approximate surface area is 94.6 Å². The van der Waals surface area contributed by atoms with Crippen LogP contribution in [0.2, 0.25) is 0 Å². The van der Waals surface area contributed by atoms with E-state index in [1.165, 1.54) is 0 Å². The summed E-state index contributed by atoms with van der Waals surface area (Å²) in [6.07, 6.45) is 5.09. The number of fused-ring (bicyclic) bond motifs is 1. The molecule has 5 nitrogen and oxygen atoms in total. The van der Waals surface area contributed by atoms with Crippen LogP contribution in [0, 0.1) is 6.92 Å². The average molecular weight is 220 g/mol. The van der Waals surface area contributed by atoms with Crippen LogP contribution in [0.4, 0.5) is 0 Å². The van der Waals surface area contributed by atoms with Gasteiger partial charge in [0, 0.05) is 12.5 Å². The predicted molar refractivity (Wildman–Crippen MR) is 59.8 cm³/mol. The van der Waals surface area contributed by atoms with Gasteiger partial charge in [-0.3, -0.25) is 4.79 Å². The third kappa shape index (κ3) is 2.29. The van der Waals surface area contributed by atoms with Crippen LogP contribution in [0.1, 0.15) is 25.0 Å². The molecule has 16 heavy (non-hydrogen) atoms. The first-order chi connectivity index (χ1) is 7.69. The van der Waals surface area contributed by atoms with E-state index in [0.717, 1.165) is 31.0 Å². The Kier molecular flexibility index (Phi) is 3.03. The lowest BCUT2D eigenvalue weighted by Crippen LogP contribution is -2.40. The first-order valence-corrected chi connectivity index (χ1v) is 5.52. The number of allylic oxidation sites excluding steroid dienone is 1. The number of carbonyl (C=O) groups excluding carboxylic acids is 1. The lowest BCUT2D eigenvalue weighted by atomic mass is 10.1. The van der Waals surface area contributed by atoms with Crippen molar-refractivity contribution >= 4 is 5.91 Å². The van der Waals surface area contributed by atoms with Crippen molar-refractivity contribution in [3.05, 3.63) is 23.8 Å². The van der Waals surface area contributed by atoms with Gasteiger partial charge >= 0.3 is 0 Å². The lowest BCUT2D eigenvalue weighted by molar-refractivity contribution is -0.117. The van der Waals surface area contributed by atoms with E-state index in [2.05, 4.69) is 15.4 Å². The summed E-state index contributed by atoms with van der Waals surface area (Å²) in [6, 6.07) is 0.164. The second kappa shape index (κ2) is 4.47. The molecular formula is C11H16N4O. The first kappa shape index (κ1) is 10.9. The molecule has 1 aromatic rings. The molecule has 2 rings (SSSR count). The van der Waals surface area contributed by atoms with E-state index < -0.39 is 0 Å². The van der Waals surface area contributed by atoms with E-state index in [1.807, 2.05) is 18.5 Å². The van der Waals surface area contributed by atoms with Crippen LogP contribution in [-0.4, -0.2) is 26.7 Å². The number of rotatable bonds is 2. The largest absolute Gasteiger partial charge is 0.348 e. The third-order valence-corrected chi connectivity index (χ3v) is 2.63. The van der Waals surface area contributed by atoms with E-state index in [9.17, 15) is 4.79 Å².